The van der Waals surface area contributed by atoms with Crippen LogP contribution in [0.2, 0.25) is 0 Å². The van der Waals surface area contributed by atoms with Gasteiger partial charge in [0.15, 0.2) is 5.82 Å². The fourth-order valence-electron chi connectivity index (χ4n) is 5.33. The van der Waals surface area contributed by atoms with Gasteiger partial charge in [0, 0.05) is 54.1 Å². The number of hydrogen-bond acceptors (Lipinski definition) is 7. The quantitative estimate of drug-likeness (QED) is 0.382. The highest BCUT2D eigenvalue weighted by Gasteiger charge is 2.39. The third-order valence-electron chi connectivity index (χ3n) is 6.50. The number of piperidine rings is 1. The zero-order chi connectivity index (χ0) is 25.4. The number of thiazole rings is 1. The van der Waals surface area contributed by atoms with Gasteiger partial charge in [0.1, 0.15) is 0 Å². The van der Waals surface area contributed by atoms with Crippen molar-refractivity contribution in [1.82, 2.24) is 30.3 Å². The Morgan fingerprint density at radius 3 is 2.29 bits per heavy atom. The molecule has 1 aromatic carbocycles. The van der Waals surface area contributed by atoms with Gasteiger partial charge in [-0.25, -0.2) is 4.98 Å². The summed E-state index contributed by atoms with van der Waals surface area (Å²) in [6.45, 7) is 13.1. The normalized spacial score (nSPS) is 17.1. The molecule has 186 valence electrons. The molecular weight excluding hydrogens is 454 g/mol. The molecule has 35 heavy (non-hydrogen) atoms. The number of anilines is 1. The lowest BCUT2D eigenvalue weighted by Crippen LogP contribution is -2.62. The molecule has 0 spiro atoms. The van der Waals surface area contributed by atoms with Crippen molar-refractivity contribution in [1.29, 1.82) is 0 Å². The molecular formula is C27H37N7S. The minimum atomic E-state index is 0.0836. The fourth-order valence-corrected chi connectivity index (χ4v) is 6.18. The minimum absolute atomic E-state index is 0.0836. The monoisotopic (exact) mass is 491 g/mol. The maximum absolute atomic E-state index is 4.66. The molecule has 1 fully saturated rings. The van der Waals surface area contributed by atoms with Crippen molar-refractivity contribution in [2.75, 3.05) is 11.9 Å². The summed E-state index contributed by atoms with van der Waals surface area (Å²) in [5, 5.41) is 17.3. The Balaban J connectivity index is 0.00000141. The van der Waals surface area contributed by atoms with E-state index in [1.165, 1.54) is 0 Å². The van der Waals surface area contributed by atoms with Gasteiger partial charge in [-0.3, -0.25) is 4.68 Å². The van der Waals surface area contributed by atoms with E-state index < -0.39 is 0 Å². The van der Waals surface area contributed by atoms with Crippen LogP contribution < -0.4 is 10.2 Å². The summed E-state index contributed by atoms with van der Waals surface area (Å²) in [5.74, 6) is 0.902. The molecule has 0 atom stereocenters. The van der Waals surface area contributed by atoms with E-state index in [1.54, 1.807) is 11.3 Å². The molecule has 0 radical (unpaired) electrons. The molecule has 0 unspecified atom stereocenters. The minimum Gasteiger partial charge on any atom is -0.355 e. The number of fused-ring (bicyclic) bond motifs is 1. The van der Waals surface area contributed by atoms with Crippen LogP contribution in [-0.2, 0) is 7.05 Å². The number of aromatic nitrogens is 5. The van der Waals surface area contributed by atoms with Gasteiger partial charge in [0.25, 0.3) is 0 Å². The van der Waals surface area contributed by atoms with Crippen LogP contribution in [-0.4, -0.2) is 49.1 Å². The van der Waals surface area contributed by atoms with E-state index >= 15 is 0 Å². The van der Waals surface area contributed by atoms with Gasteiger partial charge < -0.3 is 10.2 Å². The zero-order valence-electron chi connectivity index (χ0n) is 22.1. The first-order chi connectivity index (χ1) is 16.6. The van der Waals surface area contributed by atoms with Crippen molar-refractivity contribution < 1.29 is 0 Å². The van der Waals surface area contributed by atoms with Gasteiger partial charge in [-0.15, -0.1) is 21.5 Å². The lowest BCUT2D eigenvalue weighted by Gasteiger charge is -2.49. The highest BCUT2D eigenvalue weighted by atomic mass is 32.1. The summed E-state index contributed by atoms with van der Waals surface area (Å²) in [5.41, 5.74) is 7.10. The van der Waals surface area contributed by atoms with E-state index in [1.807, 2.05) is 43.5 Å². The molecule has 1 saturated heterocycles. The van der Waals surface area contributed by atoms with Gasteiger partial charge in [0.05, 0.1) is 27.6 Å². The first-order valence-electron chi connectivity index (χ1n) is 12.3. The van der Waals surface area contributed by atoms with Crippen molar-refractivity contribution in [2.24, 2.45) is 7.05 Å². The second-order valence-corrected chi connectivity index (χ2v) is 11.3. The van der Waals surface area contributed by atoms with Crippen molar-refractivity contribution >= 4 is 27.4 Å². The average molecular weight is 492 g/mol. The Bertz CT molecular complexity index is 1270. The van der Waals surface area contributed by atoms with Crippen LogP contribution in [0.3, 0.4) is 0 Å². The Hall–Kier alpha value is -2.84. The van der Waals surface area contributed by atoms with Gasteiger partial charge in [-0.05, 0) is 58.7 Å². The SMILES string of the molecule is CC.CN(c1ccc(-c2ccc(-c3cnn(C)c3)c3scnc23)nn1)C1CC(C)(C)NC(C)(C)C1. The van der Waals surface area contributed by atoms with E-state index in [9.17, 15) is 0 Å². The van der Waals surface area contributed by atoms with Crippen molar-refractivity contribution in [3.63, 3.8) is 0 Å². The molecule has 0 bridgehead atoms. The number of rotatable bonds is 4. The molecule has 0 aliphatic carbocycles. The Morgan fingerprint density at radius 1 is 1.00 bits per heavy atom. The molecule has 1 aliphatic rings. The topological polar surface area (TPSA) is 71.8 Å². The van der Waals surface area contributed by atoms with E-state index in [0.717, 1.165) is 51.3 Å². The summed E-state index contributed by atoms with van der Waals surface area (Å²) < 4.78 is 2.96. The standard InChI is InChI=1S/C25H31N7S.C2H6/c1-24(2)11-17(12-25(3,4)30-24)32(6)21-10-9-20(28-29-21)19-8-7-18(16-13-27-31(5)14-16)23-22(19)26-15-33-23;1-2/h7-10,13-15,17,30H,11-12H2,1-6H3;1-2H3. The number of benzene rings is 1. The Kier molecular flexibility index (Phi) is 6.97. The third kappa shape index (κ3) is 5.23. The van der Waals surface area contributed by atoms with Gasteiger partial charge in [0.2, 0.25) is 0 Å². The number of hydrogen-bond donors (Lipinski definition) is 1. The van der Waals surface area contributed by atoms with Crippen molar-refractivity contribution in [2.45, 2.75) is 71.5 Å². The van der Waals surface area contributed by atoms with Crippen molar-refractivity contribution in [3.8, 4) is 22.4 Å². The molecule has 0 saturated carbocycles. The maximum atomic E-state index is 4.66. The first kappa shape index (κ1) is 25.3. The molecule has 3 aromatic heterocycles. The molecule has 4 heterocycles. The predicted molar refractivity (Wildman–Crippen MR) is 147 cm³/mol. The van der Waals surface area contributed by atoms with Crippen LogP contribution >= 0.6 is 11.3 Å². The first-order valence-corrected chi connectivity index (χ1v) is 13.2. The number of nitrogens with zero attached hydrogens (tertiary/aromatic N) is 6. The molecule has 1 aliphatic heterocycles. The molecule has 4 aromatic rings. The van der Waals surface area contributed by atoms with E-state index in [2.05, 4.69) is 89.5 Å². The highest BCUT2D eigenvalue weighted by molar-refractivity contribution is 7.17. The van der Waals surface area contributed by atoms with E-state index in [0.29, 0.717) is 6.04 Å². The molecule has 7 nitrogen and oxygen atoms in total. The van der Waals surface area contributed by atoms with Crippen LogP contribution in [0.15, 0.2) is 42.2 Å². The molecule has 5 rings (SSSR count). The third-order valence-corrected chi connectivity index (χ3v) is 7.36. The van der Waals surface area contributed by atoms with Crippen LogP contribution in [0, 0.1) is 0 Å². The summed E-state index contributed by atoms with van der Waals surface area (Å²) >= 11 is 1.64. The van der Waals surface area contributed by atoms with Crippen LogP contribution in [0.5, 0.6) is 0 Å². The zero-order valence-corrected chi connectivity index (χ0v) is 22.9. The molecule has 8 heteroatoms. The number of aryl methyl sites for hydroxylation is 1. The average Bonchev–Trinajstić information content (AvgIpc) is 3.47. The summed E-state index contributed by atoms with van der Waals surface area (Å²) in [6.07, 6.45) is 6.04. The smallest absolute Gasteiger partial charge is 0.151 e. The summed E-state index contributed by atoms with van der Waals surface area (Å²) in [4.78, 5) is 6.94. The van der Waals surface area contributed by atoms with Gasteiger partial charge in [-0.1, -0.05) is 19.9 Å². The van der Waals surface area contributed by atoms with Gasteiger partial charge in [-0.2, -0.15) is 5.10 Å². The second kappa shape index (κ2) is 9.66. The number of nitrogens with one attached hydrogen (secondary N) is 1. The van der Waals surface area contributed by atoms with Crippen LogP contribution in [0.25, 0.3) is 32.6 Å². The fraction of sp³-hybridized carbons (Fsp3) is 0.481. The Morgan fingerprint density at radius 2 is 1.69 bits per heavy atom. The lowest BCUT2D eigenvalue weighted by atomic mass is 9.79. The highest BCUT2D eigenvalue weighted by Crippen LogP contribution is 2.37. The van der Waals surface area contributed by atoms with E-state index in [4.69, 9.17) is 0 Å². The second-order valence-electron chi connectivity index (χ2n) is 10.4. The summed E-state index contributed by atoms with van der Waals surface area (Å²) in [6, 6.07) is 8.77. The van der Waals surface area contributed by atoms with Crippen LogP contribution in [0.4, 0.5) is 5.82 Å². The van der Waals surface area contributed by atoms with E-state index in [-0.39, 0.29) is 11.1 Å². The van der Waals surface area contributed by atoms with Crippen LogP contribution in [0.1, 0.15) is 54.4 Å². The Labute approximate surface area is 212 Å². The predicted octanol–water partition coefficient (Wildman–Crippen LogP) is 5.93. The molecule has 0 amide bonds. The van der Waals surface area contributed by atoms with Crippen molar-refractivity contribution in [3.05, 3.63) is 42.2 Å². The molecule has 1 N–H and O–H groups in total. The lowest BCUT2D eigenvalue weighted by molar-refractivity contribution is 0.160. The maximum Gasteiger partial charge on any atom is 0.151 e. The largest absolute Gasteiger partial charge is 0.355 e. The van der Waals surface area contributed by atoms with Gasteiger partial charge >= 0.3 is 0 Å². The summed E-state index contributed by atoms with van der Waals surface area (Å²) in [7, 11) is 4.06.